The number of hydrogen-bond acceptors (Lipinski definition) is 2. The van der Waals surface area contributed by atoms with Crippen LogP contribution in [0, 0.1) is 0 Å². The van der Waals surface area contributed by atoms with Gasteiger partial charge in [-0.05, 0) is 26.0 Å². The first-order valence-corrected chi connectivity index (χ1v) is 5.78. The van der Waals surface area contributed by atoms with Gasteiger partial charge in [0.1, 0.15) is 5.76 Å². The first kappa shape index (κ1) is 14.1. The summed E-state index contributed by atoms with van der Waals surface area (Å²) in [6, 6.07) is 1.76. The predicted octanol–water partition coefficient (Wildman–Crippen LogP) is 3.84. The zero-order chi connectivity index (χ0) is 12.9. The summed E-state index contributed by atoms with van der Waals surface area (Å²) < 4.78 is 41.5. The van der Waals surface area contributed by atoms with Crippen LogP contribution in [0.4, 0.5) is 13.2 Å². The Morgan fingerprint density at radius 1 is 1.41 bits per heavy atom. The van der Waals surface area contributed by atoms with Gasteiger partial charge in [-0.2, -0.15) is 13.2 Å². The quantitative estimate of drug-likeness (QED) is 0.828. The molecule has 0 fully saturated rings. The topological polar surface area (TPSA) is 25.2 Å². The second-order valence-electron chi connectivity index (χ2n) is 4.00. The Bertz CT molecular complexity index is 333. The fourth-order valence-electron chi connectivity index (χ4n) is 1.91. The molecule has 0 aliphatic carbocycles. The Balaban J connectivity index is 2.54. The monoisotopic (exact) mass is 249 g/mol. The molecule has 0 bridgehead atoms. The van der Waals surface area contributed by atoms with Crippen molar-refractivity contribution in [3.63, 3.8) is 0 Å². The van der Waals surface area contributed by atoms with E-state index in [1.54, 1.807) is 13.3 Å². The molecule has 0 saturated carbocycles. The van der Waals surface area contributed by atoms with Gasteiger partial charge in [0.2, 0.25) is 0 Å². The van der Waals surface area contributed by atoms with Gasteiger partial charge in [-0.15, -0.1) is 0 Å². The van der Waals surface area contributed by atoms with Crippen LogP contribution in [0.15, 0.2) is 16.7 Å². The Labute approximate surface area is 99.2 Å². The van der Waals surface area contributed by atoms with E-state index in [1.165, 1.54) is 0 Å². The van der Waals surface area contributed by atoms with E-state index in [4.69, 9.17) is 4.42 Å². The normalized spacial score (nSPS) is 13.9. The molecule has 0 aliphatic rings. The van der Waals surface area contributed by atoms with E-state index in [9.17, 15) is 13.2 Å². The van der Waals surface area contributed by atoms with Crippen LogP contribution in [0.5, 0.6) is 0 Å². The summed E-state index contributed by atoms with van der Waals surface area (Å²) in [5.41, 5.74) is 0.970. The molecule has 1 rings (SSSR count). The molecule has 1 heterocycles. The third-order valence-electron chi connectivity index (χ3n) is 2.78. The van der Waals surface area contributed by atoms with Crippen molar-refractivity contribution in [2.45, 2.75) is 44.8 Å². The Morgan fingerprint density at radius 3 is 2.65 bits per heavy atom. The lowest BCUT2D eigenvalue weighted by Crippen LogP contribution is -2.18. The SMILES string of the molecule is CCc1occc1C(CCCC(F)(F)F)NC. The summed E-state index contributed by atoms with van der Waals surface area (Å²) in [5, 5.41) is 3.04. The Morgan fingerprint density at radius 2 is 2.12 bits per heavy atom. The van der Waals surface area contributed by atoms with E-state index in [-0.39, 0.29) is 12.5 Å². The molecule has 0 saturated heterocycles. The second-order valence-corrected chi connectivity index (χ2v) is 4.00. The number of rotatable bonds is 6. The van der Waals surface area contributed by atoms with Gasteiger partial charge in [0, 0.05) is 24.4 Å². The van der Waals surface area contributed by atoms with Crippen molar-refractivity contribution in [3.05, 3.63) is 23.7 Å². The molecule has 1 unspecified atom stereocenters. The number of alkyl halides is 3. The lowest BCUT2D eigenvalue weighted by Gasteiger charge is -2.16. The zero-order valence-corrected chi connectivity index (χ0v) is 10.1. The number of furan rings is 1. The third kappa shape index (κ3) is 4.42. The van der Waals surface area contributed by atoms with Crippen LogP contribution in [0.25, 0.3) is 0 Å². The minimum atomic E-state index is -4.07. The largest absolute Gasteiger partial charge is 0.469 e. The van der Waals surface area contributed by atoms with Crippen LogP contribution in [0.3, 0.4) is 0 Å². The smallest absolute Gasteiger partial charge is 0.389 e. The fourth-order valence-corrected chi connectivity index (χ4v) is 1.91. The van der Waals surface area contributed by atoms with Crippen LogP contribution < -0.4 is 5.32 Å². The highest BCUT2D eigenvalue weighted by atomic mass is 19.4. The summed E-state index contributed by atoms with van der Waals surface area (Å²) in [4.78, 5) is 0. The van der Waals surface area contributed by atoms with E-state index in [0.29, 0.717) is 6.42 Å². The molecule has 0 spiro atoms. The minimum absolute atomic E-state index is 0.0638. The van der Waals surface area contributed by atoms with Gasteiger partial charge in [-0.1, -0.05) is 6.92 Å². The fraction of sp³-hybridized carbons (Fsp3) is 0.667. The number of halogens is 3. The molecule has 1 aromatic rings. The first-order chi connectivity index (χ1) is 7.98. The highest BCUT2D eigenvalue weighted by molar-refractivity contribution is 5.21. The highest BCUT2D eigenvalue weighted by Gasteiger charge is 2.27. The van der Waals surface area contributed by atoms with Crippen LogP contribution >= 0.6 is 0 Å². The van der Waals surface area contributed by atoms with Crippen molar-refractivity contribution in [1.29, 1.82) is 0 Å². The van der Waals surface area contributed by atoms with Gasteiger partial charge in [-0.25, -0.2) is 0 Å². The predicted molar refractivity (Wildman–Crippen MR) is 59.8 cm³/mol. The van der Waals surface area contributed by atoms with Crippen LogP contribution in [0.1, 0.15) is 43.6 Å². The average Bonchev–Trinajstić information content (AvgIpc) is 2.70. The molecule has 2 nitrogen and oxygen atoms in total. The lowest BCUT2D eigenvalue weighted by molar-refractivity contribution is -0.135. The molecule has 98 valence electrons. The van der Waals surface area contributed by atoms with Crippen LogP contribution in [0.2, 0.25) is 0 Å². The van der Waals surface area contributed by atoms with Crippen molar-refractivity contribution >= 4 is 0 Å². The molecule has 5 heteroatoms. The van der Waals surface area contributed by atoms with Crippen LogP contribution in [-0.4, -0.2) is 13.2 Å². The summed E-state index contributed by atoms with van der Waals surface area (Å²) in [6.45, 7) is 1.96. The van der Waals surface area contributed by atoms with E-state index in [2.05, 4.69) is 5.32 Å². The number of hydrogen-bond donors (Lipinski definition) is 1. The van der Waals surface area contributed by atoms with Gasteiger partial charge in [0.25, 0.3) is 0 Å². The first-order valence-electron chi connectivity index (χ1n) is 5.78. The molecule has 1 N–H and O–H groups in total. The molecule has 0 radical (unpaired) electrons. The number of aryl methyl sites for hydroxylation is 1. The van der Waals surface area contributed by atoms with E-state index >= 15 is 0 Å². The zero-order valence-electron chi connectivity index (χ0n) is 10.1. The third-order valence-corrected chi connectivity index (χ3v) is 2.78. The molecule has 1 atom stereocenters. The van der Waals surface area contributed by atoms with E-state index in [1.807, 2.05) is 13.0 Å². The molecular formula is C12H18F3NO. The lowest BCUT2D eigenvalue weighted by atomic mass is 10.0. The standard InChI is InChI=1S/C12H18F3NO/c1-3-11-9(6-8-17-11)10(16-2)5-4-7-12(13,14)15/h6,8,10,16H,3-5,7H2,1-2H3. The Kier molecular flexibility index (Phi) is 5.05. The molecule has 0 aromatic carbocycles. The highest BCUT2D eigenvalue weighted by Crippen LogP contribution is 2.28. The van der Waals surface area contributed by atoms with Crippen molar-refractivity contribution in [1.82, 2.24) is 5.32 Å². The van der Waals surface area contributed by atoms with Crippen molar-refractivity contribution in [2.24, 2.45) is 0 Å². The van der Waals surface area contributed by atoms with Crippen molar-refractivity contribution in [2.75, 3.05) is 7.05 Å². The maximum absolute atomic E-state index is 12.1. The Hall–Kier alpha value is -0.970. The summed E-state index contributed by atoms with van der Waals surface area (Å²) >= 11 is 0. The van der Waals surface area contributed by atoms with E-state index < -0.39 is 12.6 Å². The van der Waals surface area contributed by atoms with Gasteiger partial charge in [0.15, 0.2) is 0 Å². The van der Waals surface area contributed by atoms with Gasteiger partial charge in [-0.3, -0.25) is 0 Å². The molecular weight excluding hydrogens is 231 g/mol. The van der Waals surface area contributed by atoms with Crippen LogP contribution in [-0.2, 0) is 6.42 Å². The van der Waals surface area contributed by atoms with E-state index in [0.717, 1.165) is 17.7 Å². The van der Waals surface area contributed by atoms with Gasteiger partial charge in [0.05, 0.1) is 6.26 Å². The molecule has 1 aromatic heterocycles. The van der Waals surface area contributed by atoms with Gasteiger partial charge < -0.3 is 9.73 Å². The van der Waals surface area contributed by atoms with Gasteiger partial charge >= 0.3 is 6.18 Å². The summed E-state index contributed by atoms with van der Waals surface area (Å²) in [7, 11) is 1.75. The second kappa shape index (κ2) is 6.10. The maximum Gasteiger partial charge on any atom is 0.389 e. The minimum Gasteiger partial charge on any atom is -0.469 e. The summed E-state index contributed by atoms with van der Waals surface area (Å²) in [5.74, 6) is 0.844. The average molecular weight is 249 g/mol. The molecule has 0 amide bonds. The molecule has 17 heavy (non-hydrogen) atoms. The van der Waals surface area contributed by atoms with Crippen molar-refractivity contribution < 1.29 is 17.6 Å². The number of nitrogens with one attached hydrogen (secondary N) is 1. The maximum atomic E-state index is 12.1. The van der Waals surface area contributed by atoms with Crippen molar-refractivity contribution in [3.8, 4) is 0 Å². The summed E-state index contributed by atoms with van der Waals surface area (Å²) in [6.07, 6.45) is -1.87. The molecule has 0 aliphatic heterocycles.